The average Bonchev–Trinajstić information content (AvgIpc) is 3.05. The highest BCUT2D eigenvalue weighted by Gasteiger charge is 2.40. The van der Waals surface area contributed by atoms with Crippen molar-refractivity contribution < 1.29 is 18.7 Å². The Morgan fingerprint density at radius 2 is 1.96 bits per heavy atom. The molecule has 0 aromatic carbocycles. The maximum atomic E-state index is 12.9. The molecule has 3 heterocycles. The summed E-state index contributed by atoms with van der Waals surface area (Å²) in [5.74, 6) is 1.58. The van der Waals surface area contributed by atoms with Gasteiger partial charge in [0.05, 0.1) is 18.8 Å². The number of hydrogen-bond acceptors (Lipinski definition) is 4. The summed E-state index contributed by atoms with van der Waals surface area (Å²) in [4.78, 5) is 28.6. The molecule has 3 rings (SSSR count). The monoisotopic (exact) mass is 320 g/mol. The number of amides is 2. The predicted molar refractivity (Wildman–Crippen MR) is 83.6 cm³/mol. The van der Waals surface area contributed by atoms with Gasteiger partial charge in [0.15, 0.2) is 0 Å². The second-order valence-electron chi connectivity index (χ2n) is 6.59. The van der Waals surface area contributed by atoms with Gasteiger partial charge in [-0.05, 0) is 39.3 Å². The lowest BCUT2D eigenvalue weighted by Crippen LogP contribution is -2.54. The SMILES string of the molecule is Cc1ccc(CN2C(=O)CC[C@@H]2C(=O)N2C[C@H](C)O[C@@H](C)C2)o1. The molecule has 1 aromatic rings. The van der Waals surface area contributed by atoms with Gasteiger partial charge < -0.3 is 19.0 Å². The van der Waals surface area contributed by atoms with Gasteiger partial charge in [0.2, 0.25) is 11.8 Å². The summed E-state index contributed by atoms with van der Waals surface area (Å²) in [5, 5.41) is 0. The number of aryl methyl sites for hydroxylation is 1. The Balaban J connectivity index is 1.72. The number of carbonyl (C=O) groups excluding carboxylic acids is 2. The maximum absolute atomic E-state index is 12.9. The van der Waals surface area contributed by atoms with E-state index in [0.29, 0.717) is 32.5 Å². The molecular weight excluding hydrogens is 296 g/mol. The van der Waals surface area contributed by atoms with Crippen LogP contribution in [0, 0.1) is 6.92 Å². The predicted octanol–water partition coefficient (Wildman–Crippen LogP) is 1.71. The maximum Gasteiger partial charge on any atom is 0.245 e. The zero-order valence-electron chi connectivity index (χ0n) is 13.9. The fourth-order valence-electron chi connectivity index (χ4n) is 3.50. The van der Waals surface area contributed by atoms with Crippen LogP contribution in [-0.4, -0.2) is 53.0 Å². The van der Waals surface area contributed by atoms with Gasteiger partial charge >= 0.3 is 0 Å². The summed E-state index contributed by atoms with van der Waals surface area (Å²) in [6.45, 7) is 7.34. The summed E-state index contributed by atoms with van der Waals surface area (Å²) in [7, 11) is 0. The molecule has 0 saturated carbocycles. The van der Waals surface area contributed by atoms with Crippen molar-refractivity contribution in [1.82, 2.24) is 9.80 Å². The van der Waals surface area contributed by atoms with Gasteiger partial charge in [0.1, 0.15) is 17.6 Å². The second kappa shape index (κ2) is 6.35. The molecule has 0 unspecified atom stereocenters. The van der Waals surface area contributed by atoms with Crippen LogP contribution < -0.4 is 0 Å². The summed E-state index contributed by atoms with van der Waals surface area (Å²) in [6, 6.07) is 3.35. The molecular formula is C17H24N2O4. The molecule has 0 bridgehead atoms. The summed E-state index contributed by atoms with van der Waals surface area (Å²) in [6.07, 6.45) is 1.06. The number of hydrogen-bond donors (Lipinski definition) is 0. The fourth-order valence-corrected chi connectivity index (χ4v) is 3.50. The van der Waals surface area contributed by atoms with Crippen LogP contribution in [0.5, 0.6) is 0 Å². The first-order valence-electron chi connectivity index (χ1n) is 8.23. The van der Waals surface area contributed by atoms with Crippen LogP contribution in [0.3, 0.4) is 0 Å². The van der Waals surface area contributed by atoms with Crippen molar-refractivity contribution in [2.45, 2.75) is 58.4 Å². The van der Waals surface area contributed by atoms with Crippen LogP contribution >= 0.6 is 0 Å². The molecule has 126 valence electrons. The van der Waals surface area contributed by atoms with Gasteiger partial charge in [0, 0.05) is 19.5 Å². The molecule has 2 aliphatic heterocycles. The number of morpholine rings is 1. The van der Waals surface area contributed by atoms with Crippen molar-refractivity contribution in [3.63, 3.8) is 0 Å². The molecule has 2 fully saturated rings. The van der Waals surface area contributed by atoms with Gasteiger partial charge in [-0.1, -0.05) is 0 Å². The van der Waals surface area contributed by atoms with Crippen molar-refractivity contribution in [1.29, 1.82) is 0 Å². The van der Waals surface area contributed by atoms with E-state index >= 15 is 0 Å². The number of likely N-dealkylation sites (tertiary alicyclic amines) is 1. The van der Waals surface area contributed by atoms with E-state index in [9.17, 15) is 9.59 Å². The Morgan fingerprint density at radius 1 is 1.26 bits per heavy atom. The van der Waals surface area contributed by atoms with E-state index in [1.807, 2.05) is 37.8 Å². The van der Waals surface area contributed by atoms with Crippen LogP contribution in [0.2, 0.25) is 0 Å². The van der Waals surface area contributed by atoms with Crippen molar-refractivity contribution in [2.24, 2.45) is 0 Å². The lowest BCUT2D eigenvalue weighted by atomic mass is 10.1. The number of furan rings is 1. The zero-order chi connectivity index (χ0) is 16.6. The van der Waals surface area contributed by atoms with Crippen LogP contribution in [0.15, 0.2) is 16.5 Å². The second-order valence-corrected chi connectivity index (χ2v) is 6.59. The number of nitrogens with zero attached hydrogens (tertiary/aromatic N) is 2. The molecule has 6 heteroatoms. The largest absolute Gasteiger partial charge is 0.464 e. The van der Waals surface area contributed by atoms with E-state index in [1.165, 1.54) is 0 Å². The van der Waals surface area contributed by atoms with Crippen LogP contribution in [-0.2, 0) is 20.9 Å². The van der Waals surface area contributed by atoms with Crippen LogP contribution in [0.4, 0.5) is 0 Å². The van der Waals surface area contributed by atoms with Crippen molar-refractivity contribution in [3.8, 4) is 0 Å². The highest BCUT2D eigenvalue weighted by atomic mass is 16.5. The Kier molecular flexibility index (Phi) is 4.43. The summed E-state index contributed by atoms with van der Waals surface area (Å²) >= 11 is 0. The first kappa shape index (κ1) is 16.1. The summed E-state index contributed by atoms with van der Waals surface area (Å²) < 4.78 is 11.2. The van der Waals surface area contributed by atoms with Gasteiger partial charge in [-0.25, -0.2) is 0 Å². The number of carbonyl (C=O) groups is 2. The molecule has 2 amide bonds. The highest BCUT2D eigenvalue weighted by Crippen LogP contribution is 2.25. The van der Waals surface area contributed by atoms with Gasteiger partial charge in [-0.15, -0.1) is 0 Å². The van der Waals surface area contributed by atoms with Crippen molar-refractivity contribution in [2.75, 3.05) is 13.1 Å². The molecule has 6 nitrogen and oxygen atoms in total. The van der Waals surface area contributed by atoms with E-state index in [1.54, 1.807) is 4.90 Å². The Morgan fingerprint density at radius 3 is 2.57 bits per heavy atom. The van der Waals surface area contributed by atoms with Gasteiger partial charge in [-0.2, -0.15) is 0 Å². The lowest BCUT2D eigenvalue weighted by Gasteiger charge is -2.38. The lowest BCUT2D eigenvalue weighted by molar-refractivity contribution is -0.150. The van der Waals surface area contributed by atoms with Crippen molar-refractivity contribution >= 4 is 11.8 Å². The standard InChI is InChI=1S/C17H24N2O4/c1-11-4-5-14(23-11)10-19-15(6-7-16(19)20)17(21)18-8-12(2)22-13(3)9-18/h4-5,12-13,15H,6-10H2,1-3H3/t12-,13-,15+/m0/s1. The third-order valence-corrected chi connectivity index (χ3v) is 4.47. The van der Waals surface area contributed by atoms with E-state index in [4.69, 9.17) is 9.15 Å². The number of rotatable bonds is 3. The minimum atomic E-state index is -0.384. The first-order valence-corrected chi connectivity index (χ1v) is 8.23. The molecule has 0 radical (unpaired) electrons. The Hall–Kier alpha value is -1.82. The molecule has 0 N–H and O–H groups in total. The van der Waals surface area contributed by atoms with Gasteiger partial charge in [-0.3, -0.25) is 9.59 Å². The third kappa shape index (κ3) is 3.42. The number of ether oxygens (including phenoxy) is 1. The van der Waals surface area contributed by atoms with E-state index in [0.717, 1.165) is 11.5 Å². The molecule has 2 saturated heterocycles. The zero-order valence-corrected chi connectivity index (χ0v) is 13.9. The first-order chi connectivity index (χ1) is 10.9. The van der Waals surface area contributed by atoms with Crippen molar-refractivity contribution in [3.05, 3.63) is 23.7 Å². The molecule has 23 heavy (non-hydrogen) atoms. The molecule has 0 aliphatic carbocycles. The molecule has 3 atom stereocenters. The Bertz CT molecular complexity index is 587. The fraction of sp³-hybridized carbons (Fsp3) is 0.647. The van der Waals surface area contributed by atoms with Crippen LogP contribution in [0.25, 0.3) is 0 Å². The Labute approximate surface area is 136 Å². The van der Waals surface area contributed by atoms with E-state index in [-0.39, 0.29) is 30.1 Å². The third-order valence-electron chi connectivity index (χ3n) is 4.47. The smallest absolute Gasteiger partial charge is 0.245 e. The van der Waals surface area contributed by atoms with E-state index < -0.39 is 0 Å². The summed E-state index contributed by atoms with van der Waals surface area (Å²) in [5.41, 5.74) is 0. The molecule has 2 aliphatic rings. The minimum Gasteiger partial charge on any atom is -0.464 e. The van der Waals surface area contributed by atoms with E-state index in [2.05, 4.69) is 0 Å². The minimum absolute atomic E-state index is 0.0201. The molecule has 0 spiro atoms. The van der Waals surface area contributed by atoms with Gasteiger partial charge in [0.25, 0.3) is 0 Å². The highest BCUT2D eigenvalue weighted by molar-refractivity contribution is 5.91. The van der Waals surface area contributed by atoms with Crippen LogP contribution in [0.1, 0.15) is 38.2 Å². The average molecular weight is 320 g/mol. The topological polar surface area (TPSA) is 63.0 Å². The quantitative estimate of drug-likeness (QED) is 0.850. The molecule has 1 aromatic heterocycles. The normalized spacial score (nSPS) is 28.5.